The lowest BCUT2D eigenvalue weighted by atomic mass is 10.2. The molecule has 0 amide bonds. The number of sulfonamides is 1. The standard InChI is InChI=1S/C14H20Cl2N2O2S/c1-10(2)18(9-12-4-3-7-17-12)21(19,20)14-8-11(15)5-6-13(14)16/h5-6,8,10,12,17H,3-4,7,9H2,1-2H3. The second-order valence-corrected chi connectivity index (χ2v) is 8.24. The first-order valence-corrected chi connectivity index (χ1v) is 9.22. The number of halogens is 2. The van der Waals surface area contributed by atoms with E-state index >= 15 is 0 Å². The van der Waals surface area contributed by atoms with Crippen molar-refractivity contribution >= 4 is 33.2 Å². The summed E-state index contributed by atoms with van der Waals surface area (Å²) in [4.78, 5) is 0.0726. The zero-order valence-corrected chi connectivity index (χ0v) is 14.5. The van der Waals surface area contributed by atoms with Crippen LogP contribution in [0.15, 0.2) is 23.1 Å². The smallest absolute Gasteiger partial charge is 0.244 e. The molecule has 4 nitrogen and oxygen atoms in total. The molecule has 1 fully saturated rings. The highest BCUT2D eigenvalue weighted by Gasteiger charge is 2.32. The maximum Gasteiger partial charge on any atom is 0.244 e. The van der Waals surface area contributed by atoms with E-state index in [1.165, 1.54) is 16.4 Å². The average molecular weight is 351 g/mol. The van der Waals surface area contributed by atoms with Gasteiger partial charge in [0.15, 0.2) is 0 Å². The Balaban J connectivity index is 2.34. The molecule has 1 aliphatic rings. The van der Waals surface area contributed by atoms with E-state index in [-0.39, 0.29) is 22.0 Å². The van der Waals surface area contributed by atoms with E-state index in [0.29, 0.717) is 11.6 Å². The molecule has 1 unspecified atom stereocenters. The van der Waals surface area contributed by atoms with Gasteiger partial charge in [-0.2, -0.15) is 4.31 Å². The molecule has 118 valence electrons. The fourth-order valence-electron chi connectivity index (χ4n) is 2.52. The molecule has 0 aliphatic carbocycles. The molecule has 1 heterocycles. The summed E-state index contributed by atoms with van der Waals surface area (Å²) >= 11 is 12.0. The average Bonchev–Trinajstić information content (AvgIpc) is 2.91. The molecule has 1 aromatic rings. The van der Waals surface area contributed by atoms with Crippen LogP contribution in [0, 0.1) is 0 Å². The first-order chi connectivity index (χ1) is 9.82. The number of nitrogens with zero attached hydrogens (tertiary/aromatic N) is 1. The lowest BCUT2D eigenvalue weighted by Crippen LogP contribution is -2.44. The van der Waals surface area contributed by atoms with E-state index in [1.807, 2.05) is 13.8 Å². The molecular weight excluding hydrogens is 331 g/mol. The van der Waals surface area contributed by atoms with E-state index < -0.39 is 10.0 Å². The topological polar surface area (TPSA) is 49.4 Å². The van der Waals surface area contributed by atoms with Crippen molar-refractivity contribution in [2.75, 3.05) is 13.1 Å². The van der Waals surface area contributed by atoms with Crippen molar-refractivity contribution in [1.82, 2.24) is 9.62 Å². The van der Waals surface area contributed by atoms with Crippen LogP contribution < -0.4 is 5.32 Å². The van der Waals surface area contributed by atoms with Crippen molar-refractivity contribution in [2.24, 2.45) is 0 Å². The van der Waals surface area contributed by atoms with E-state index in [9.17, 15) is 8.42 Å². The molecule has 21 heavy (non-hydrogen) atoms. The van der Waals surface area contributed by atoms with E-state index in [4.69, 9.17) is 23.2 Å². The van der Waals surface area contributed by atoms with Crippen molar-refractivity contribution in [3.8, 4) is 0 Å². The summed E-state index contributed by atoms with van der Waals surface area (Å²) in [5, 5.41) is 3.89. The second-order valence-electron chi connectivity index (χ2n) is 5.54. The SMILES string of the molecule is CC(C)N(CC1CCCN1)S(=O)(=O)c1cc(Cl)ccc1Cl. The van der Waals surface area contributed by atoms with E-state index in [2.05, 4.69) is 5.32 Å². The number of hydrogen-bond acceptors (Lipinski definition) is 3. The van der Waals surface area contributed by atoms with Crippen LogP contribution >= 0.6 is 23.2 Å². The Kier molecular flexibility index (Phi) is 5.54. The molecule has 0 aromatic heterocycles. The quantitative estimate of drug-likeness (QED) is 0.887. The van der Waals surface area contributed by atoms with Crippen molar-refractivity contribution in [2.45, 2.75) is 43.7 Å². The monoisotopic (exact) mass is 350 g/mol. The Labute approximate surface area is 136 Å². The molecule has 1 aromatic carbocycles. The fourth-order valence-corrected chi connectivity index (χ4v) is 4.94. The molecule has 2 rings (SSSR count). The van der Waals surface area contributed by atoms with Crippen LogP contribution in [0.5, 0.6) is 0 Å². The predicted octanol–water partition coefficient (Wildman–Crippen LogP) is 3.14. The lowest BCUT2D eigenvalue weighted by molar-refractivity contribution is 0.322. The summed E-state index contributed by atoms with van der Waals surface area (Å²) < 4.78 is 27.3. The van der Waals surface area contributed by atoms with Crippen molar-refractivity contribution in [3.63, 3.8) is 0 Å². The largest absolute Gasteiger partial charge is 0.313 e. The second kappa shape index (κ2) is 6.84. The Morgan fingerprint density at radius 1 is 1.38 bits per heavy atom. The maximum absolute atomic E-state index is 12.9. The van der Waals surface area contributed by atoms with Crippen LogP contribution in [-0.2, 0) is 10.0 Å². The third-order valence-electron chi connectivity index (χ3n) is 3.62. The van der Waals surface area contributed by atoms with Gasteiger partial charge in [0, 0.05) is 23.7 Å². The molecule has 1 aliphatic heterocycles. The van der Waals surface area contributed by atoms with Gasteiger partial charge in [0.05, 0.1) is 5.02 Å². The summed E-state index contributed by atoms with van der Waals surface area (Å²) in [6.45, 7) is 5.12. The minimum Gasteiger partial charge on any atom is -0.313 e. The first kappa shape index (κ1) is 17.0. The van der Waals surface area contributed by atoms with Gasteiger partial charge in [-0.3, -0.25) is 0 Å². The van der Waals surface area contributed by atoms with Crippen LogP contribution in [0.4, 0.5) is 0 Å². The van der Waals surface area contributed by atoms with E-state index in [1.54, 1.807) is 6.07 Å². The summed E-state index contributed by atoms with van der Waals surface area (Å²) in [6, 6.07) is 4.56. The molecule has 7 heteroatoms. The van der Waals surface area contributed by atoms with Gasteiger partial charge in [-0.15, -0.1) is 0 Å². The summed E-state index contributed by atoms with van der Waals surface area (Å²) in [6.07, 6.45) is 2.07. The van der Waals surface area contributed by atoms with Crippen molar-refractivity contribution in [1.29, 1.82) is 0 Å². The van der Waals surface area contributed by atoms with Crippen LogP contribution in [0.25, 0.3) is 0 Å². The van der Waals surface area contributed by atoms with Crippen LogP contribution in [0.1, 0.15) is 26.7 Å². The lowest BCUT2D eigenvalue weighted by Gasteiger charge is -2.29. The molecule has 0 saturated carbocycles. The predicted molar refractivity (Wildman–Crippen MR) is 86.5 cm³/mol. The minimum atomic E-state index is -3.66. The molecule has 1 atom stereocenters. The third kappa shape index (κ3) is 3.90. The Bertz CT molecular complexity index is 599. The maximum atomic E-state index is 12.9. The molecule has 0 spiro atoms. The zero-order chi connectivity index (χ0) is 15.6. The van der Waals surface area contributed by atoms with Crippen molar-refractivity contribution in [3.05, 3.63) is 28.2 Å². The van der Waals surface area contributed by atoms with Gasteiger partial charge in [-0.05, 0) is 51.4 Å². The van der Waals surface area contributed by atoms with Gasteiger partial charge in [-0.25, -0.2) is 8.42 Å². The molecule has 0 radical (unpaired) electrons. The minimum absolute atomic E-state index is 0.0726. The van der Waals surface area contributed by atoms with Crippen molar-refractivity contribution < 1.29 is 8.42 Å². The zero-order valence-electron chi connectivity index (χ0n) is 12.1. The Morgan fingerprint density at radius 3 is 2.67 bits per heavy atom. The first-order valence-electron chi connectivity index (χ1n) is 7.02. The van der Waals surface area contributed by atoms with E-state index in [0.717, 1.165) is 19.4 Å². The number of benzene rings is 1. The molecular formula is C14H20Cl2N2O2S. The Morgan fingerprint density at radius 2 is 2.10 bits per heavy atom. The summed E-state index contributed by atoms with van der Waals surface area (Å²) in [7, 11) is -3.66. The summed E-state index contributed by atoms with van der Waals surface area (Å²) in [5.74, 6) is 0. The van der Waals surface area contributed by atoms with Gasteiger partial charge in [0.25, 0.3) is 0 Å². The molecule has 0 bridgehead atoms. The normalized spacial score (nSPS) is 19.6. The summed E-state index contributed by atoms with van der Waals surface area (Å²) in [5.41, 5.74) is 0. The van der Waals surface area contributed by atoms with Gasteiger partial charge < -0.3 is 5.32 Å². The molecule has 1 N–H and O–H groups in total. The highest BCUT2D eigenvalue weighted by molar-refractivity contribution is 7.89. The fraction of sp³-hybridized carbons (Fsp3) is 0.571. The highest BCUT2D eigenvalue weighted by Crippen LogP contribution is 2.29. The van der Waals surface area contributed by atoms with Gasteiger partial charge >= 0.3 is 0 Å². The van der Waals surface area contributed by atoms with Gasteiger partial charge in [0.1, 0.15) is 4.90 Å². The number of hydrogen-bond donors (Lipinski definition) is 1. The Hall–Kier alpha value is -0.330. The third-order valence-corrected chi connectivity index (χ3v) is 6.38. The molecule has 1 saturated heterocycles. The van der Waals surface area contributed by atoms with Crippen LogP contribution in [0.2, 0.25) is 10.0 Å². The highest BCUT2D eigenvalue weighted by atomic mass is 35.5. The number of nitrogens with one attached hydrogen (secondary N) is 1. The van der Waals surface area contributed by atoms with Gasteiger partial charge in [-0.1, -0.05) is 23.2 Å². The van der Waals surface area contributed by atoms with Gasteiger partial charge in [0.2, 0.25) is 10.0 Å². The van der Waals surface area contributed by atoms with Crippen LogP contribution in [0.3, 0.4) is 0 Å². The van der Waals surface area contributed by atoms with Crippen LogP contribution in [-0.4, -0.2) is 37.9 Å². The number of rotatable bonds is 5.